The van der Waals surface area contributed by atoms with E-state index in [9.17, 15) is 4.79 Å². The minimum Gasteiger partial charge on any atom is -0.443 e. The molecule has 0 unspecified atom stereocenters. The lowest BCUT2D eigenvalue weighted by Crippen LogP contribution is -2.02. The molecule has 0 spiro atoms. The lowest BCUT2D eigenvalue weighted by atomic mass is 10.1. The largest absolute Gasteiger partial charge is 0.443 e. The van der Waals surface area contributed by atoms with Gasteiger partial charge in [-0.1, -0.05) is 6.07 Å². The van der Waals surface area contributed by atoms with Crippen molar-refractivity contribution in [2.24, 2.45) is 0 Å². The molecule has 2 aromatic heterocycles. The summed E-state index contributed by atoms with van der Waals surface area (Å²) in [5.74, 6) is 0.575. The van der Waals surface area contributed by atoms with Crippen molar-refractivity contribution >= 4 is 16.9 Å². The number of fused-ring (bicyclic) bond motifs is 1. The molecule has 2 heterocycles. The Kier molecular flexibility index (Phi) is 2.79. The summed E-state index contributed by atoms with van der Waals surface area (Å²) in [4.78, 5) is 23.6. The predicted octanol–water partition coefficient (Wildman–Crippen LogP) is 2.42. The fourth-order valence-corrected chi connectivity index (χ4v) is 1.88. The van der Waals surface area contributed by atoms with Gasteiger partial charge in [-0.3, -0.25) is 4.79 Å². The average Bonchev–Trinajstić information content (AvgIpc) is 2.85. The van der Waals surface area contributed by atoms with Crippen LogP contribution in [0.3, 0.4) is 0 Å². The number of ketones is 1. The Morgan fingerprint density at radius 2 is 2.16 bits per heavy atom. The van der Waals surface area contributed by atoms with Gasteiger partial charge in [0.15, 0.2) is 12.0 Å². The van der Waals surface area contributed by atoms with Gasteiger partial charge in [0, 0.05) is 11.8 Å². The molecule has 1 aromatic carbocycles. The predicted molar refractivity (Wildman–Crippen MR) is 69.4 cm³/mol. The van der Waals surface area contributed by atoms with Crippen molar-refractivity contribution in [1.82, 2.24) is 15.0 Å². The zero-order valence-electron chi connectivity index (χ0n) is 10.3. The Bertz CT molecular complexity index is 749. The lowest BCUT2D eigenvalue weighted by Gasteiger charge is -2.02. The Balaban J connectivity index is 2.02. The van der Waals surface area contributed by atoms with E-state index in [0.29, 0.717) is 11.4 Å². The Labute approximate surface area is 109 Å². The molecule has 94 valence electrons. The number of hydrogen-bond acceptors (Lipinski definition) is 5. The van der Waals surface area contributed by atoms with Crippen LogP contribution in [0.5, 0.6) is 0 Å². The second-order valence-electron chi connectivity index (χ2n) is 4.27. The van der Waals surface area contributed by atoms with Gasteiger partial charge >= 0.3 is 0 Å². The summed E-state index contributed by atoms with van der Waals surface area (Å²) in [7, 11) is 0. The van der Waals surface area contributed by atoms with E-state index in [1.807, 2.05) is 18.2 Å². The van der Waals surface area contributed by atoms with Crippen molar-refractivity contribution in [1.29, 1.82) is 0 Å². The lowest BCUT2D eigenvalue weighted by molar-refractivity contribution is -0.116. The molecule has 3 aromatic rings. The van der Waals surface area contributed by atoms with Gasteiger partial charge in [-0.15, -0.1) is 0 Å². The zero-order valence-corrected chi connectivity index (χ0v) is 10.3. The van der Waals surface area contributed by atoms with Gasteiger partial charge in [0.2, 0.25) is 0 Å². The molecule has 0 amide bonds. The van der Waals surface area contributed by atoms with Gasteiger partial charge in [0.05, 0.1) is 12.1 Å². The molecule has 5 heteroatoms. The van der Waals surface area contributed by atoms with E-state index in [1.165, 1.54) is 13.3 Å². The average molecular weight is 253 g/mol. The third kappa shape index (κ3) is 2.35. The molecule has 0 aliphatic rings. The Morgan fingerprint density at radius 3 is 3.00 bits per heavy atom. The van der Waals surface area contributed by atoms with E-state index >= 15 is 0 Å². The number of aromatic nitrogens is 3. The van der Waals surface area contributed by atoms with Gasteiger partial charge in [0.25, 0.3) is 0 Å². The van der Waals surface area contributed by atoms with Crippen LogP contribution >= 0.6 is 0 Å². The molecule has 0 aliphatic carbocycles. The highest BCUT2D eigenvalue weighted by atomic mass is 16.3. The molecule has 0 saturated carbocycles. The fraction of sp³-hybridized carbons (Fsp3) is 0.143. The molecule has 0 N–H and O–H groups in total. The first-order valence-electron chi connectivity index (χ1n) is 5.87. The topological polar surface area (TPSA) is 68.9 Å². The number of rotatable bonds is 3. The van der Waals surface area contributed by atoms with Crippen molar-refractivity contribution in [2.75, 3.05) is 0 Å². The molecule has 0 atom stereocenters. The molecule has 0 bridgehead atoms. The van der Waals surface area contributed by atoms with Crippen molar-refractivity contribution in [3.8, 4) is 11.3 Å². The number of hydrogen-bond donors (Lipinski definition) is 0. The van der Waals surface area contributed by atoms with Crippen LogP contribution in [0.25, 0.3) is 22.4 Å². The van der Waals surface area contributed by atoms with Gasteiger partial charge in [0.1, 0.15) is 17.1 Å². The van der Waals surface area contributed by atoms with Crippen molar-refractivity contribution in [3.05, 3.63) is 42.7 Å². The van der Waals surface area contributed by atoms with E-state index in [1.54, 1.807) is 12.3 Å². The number of oxazole rings is 1. The number of nitrogens with zero attached hydrogens (tertiary/aromatic N) is 3. The van der Waals surface area contributed by atoms with Crippen LogP contribution in [-0.4, -0.2) is 20.7 Å². The van der Waals surface area contributed by atoms with Crippen LogP contribution in [0, 0.1) is 0 Å². The maximum absolute atomic E-state index is 11.1. The minimum absolute atomic E-state index is 0.0443. The quantitative estimate of drug-likeness (QED) is 0.717. The van der Waals surface area contributed by atoms with Gasteiger partial charge in [-0.05, 0) is 25.1 Å². The second-order valence-corrected chi connectivity index (χ2v) is 4.27. The third-order valence-corrected chi connectivity index (χ3v) is 2.74. The van der Waals surface area contributed by atoms with Gasteiger partial charge in [-0.2, -0.15) is 0 Å². The van der Waals surface area contributed by atoms with Crippen molar-refractivity contribution in [2.45, 2.75) is 13.3 Å². The molecule has 19 heavy (non-hydrogen) atoms. The van der Waals surface area contributed by atoms with Gasteiger partial charge < -0.3 is 4.42 Å². The number of benzene rings is 1. The molecule has 0 saturated heterocycles. The second kappa shape index (κ2) is 4.61. The molecule has 3 rings (SSSR count). The van der Waals surface area contributed by atoms with Crippen molar-refractivity contribution < 1.29 is 9.21 Å². The molecule has 0 aliphatic heterocycles. The smallest absolute Gasteiger partial charge is 0.181 e. The Hall–Kier alpha value is -2.56. The summed E-state index contributed by atoms with van der Waals surface area (Å²) in [5, 5.41) is 0. The first-order chi connectivity index (χ1) is 9.22. The van der Waals surface area contributed by atoms with E-state index in [-0.39, 0.29) is 12.2 Å². The van der Waals surface area contributed by atoms with Crippen LogP contribution in [0.1, 0.15) is 12.7 Å². The monoisotopic (exact) mass is 253 g/mol. The maximum atomic E-state index is 11.1. The van der Waals surface area contributed by atoms with Crippen LogP contribution in [0.4, 0.5) is 0 Å². The number of carbonyl (C=O) groups is 1. The third-order valence-electron chi connectivity index (χ3n) is 2.74. The molecular weight excluding hydrogens is 242 g/mol. The maximum Gasteiger partial charge on any atom is 0.181 e. The molecule has 0 radical (unpaired) electrons. The van der Waals surface area contributed by atoms with E-state index < -0.39 is 0 Å². The minimum atomic E-state index is 0.0443. The highest BCUT2D eigenvalue weighted by Crippen LogP contribution is 2.22. The summed E-state index contributed by atoms with van der Waals surface area (Å²) in [6.07, 6.45) is 3.32. The highest BCUT2D eigenvalue weighted by molar-refractivity contribution is 5.79. The number of carbonyl (C=O) groups excluding carboxylic acids is 1. The zero-order chi connectivity index (χ0) is 13.2. The molecule has 0 fully saturated rings. The summed E-state index contributed by atoms with van der Waals surface area (Å²) in [6.45, 7) is 1.52. The van der Waals surface area contributed by atoms with Crippen molar-refractivity contribution in [3.63, 3.8) is 0 Å². The SMILES string of the molecule is CC(=O)Cc1nccc(-c2ccc3ncoc3c2)n1. The summed E-state index contributed by atoms with van der Waals surface area (Å²) >= 11 is 0. The van der Waals surface area contributed by atoms with Crippen LogP contribution in [-0.2, 0) is 11.2 Å². The van der Waals surface area contributed by atoms with E-state index in [0.717, 1.165) is 16.8 Å². The van der Waals surface area contributed by atoms with Crippen LogP contribution < -0.4 is 0 Å². The van der Waals surface area contributed by atoms with Crippen LogP contribution in [0.15, 0.2) is 41.3 Å². The number of Topliss-reactive ketones (excluding diaryl/α,β-unsaturated/α-hetero) is 1. The summed E-state index contributed by atoms with van der Waals surface area (Å²) in [6, 6.07) is 7.48. The molecule has 5 nitrogen and oxygen atoms in total. The van der Waals surface area contributed by atoms with E-state index in [4.69, 9.17) is 4.42 Å². The van der Waals surface area contributed by atoms with Crippen LogP contribution in [0.2, 0.25) is 0 Å². The first kappa shape index (κ1) is 11.5. The van der Waals surface area contributed by atoms with Gasteiger partial charge in [-0.25, -0.2) is 15.0 Å². The summed E-state index contributed by atoms with van der Waals surface area (Å²) in [5.41, 5.74) is 3.20. The molecular formula is C14H11N3O2. The fourth-order valence-electron chi connectivity index (χ4n) is 1.88. The summed E-state index contributed by atoms with van der Waals surface area (Å²) < 4.78 is 5.27. The standard InChI is InChI=1S/C14H11N3O2/c1-9(18)6-14-15-5-4-11(17-14)10-2-3-12-13(7-10)19-8-16-12/h2-5,7-8H,6H2,1H3. The first-order valence-corrected chi connectivity index (χ1v) is 5.87. The normalized spacial score (nSPS) is 10.8. The van der Waals surface area contributed by atoms with E-state index in [2.05, 4.69) is 15.0 Å². The highest BCUT2D eigenvalue weighted by Gasteiger charge is 2.06. The Morgan fingerprint density at radius 1 is 1.26 bits per heavy atom.